The molecule has 1 heterocycles. The Balaban J connectivity index is 2.42. The average Bonchev–Trinajstić information content (AvgIpc) is 2.37. The van der Waals surface area contributed by atoms with Gasteiger partial charge in [0, 0.05) is 0 Å². The molecule has 0 radical (unpaired) electrons. The van der Waals surface area contributed by atoms with Crippen molar-refractivity contribution in [2.24, 2.45) is 0 Å². The van der Waals surface area contributed by atoms with Gasteiger partial charge in [-0.3, -0.25) is 5.32 Å². The van der Waals surface area contributed by atoms with E-state index in [1.54, 1.807) is 0 Å². The van der Waals surface area contributed by atoms with Crippen molar-refractivity contribution in [1.82, 2.24) is 5.32 Å². The van der Waals surface area contributed by atoms with Crippen molar-refractivity contribution in [2.45, 2.75) is 31.8 Å². The molecule has 1 N–H and O–H groups in total. The smallest absolute Gasteiger partial charge is 0.0963 e. The van der Waals surface area contributed by atoms with Crippen molar-refractivity contribution in [2.75, 3.05) is 0 Å². The van der Waals surface area contributed by atoms with Crippen molar-refractivity contribution in [1.29, 1.82) is 5.26 Å². The molecule has 0 aromatic carbocycles. The van der Waals surface area contributed by atoms with Gasteiger partial charge in [-0.05, 0) is 19.8 Å². The van der Waals surface area contributed by atoms with Crippen molar-refractivity contribution < 1.29 is 0 Å². The first-order valence-electron chi connectivity index (χ1n) is 3.44. The third kappa shape index (κ3) is 1.50. The Morgan fingerprint density at radius 3 is 2.60 bits per heavy atom. The zero-order valence-electron chi connectivity index (χ0n) is 6.02. The topological polar surface area (TPSA) is 35.8 Å². The number of nitrogens with zero attached hydrogens (tertiary/aromatic N) is 1. The van der Waals surface area contributed by atoms with E-state index in [0.717, 1.165) is 12.8 Å². The van der Waals surface area contributed by atoms with Gasteiger partial charge in [0.15, 0.2) is 0 Å². The van der Waals surface area contributed by atoms with Crippen LogP contribution in [0.5, 0.6) is 0 Å². The summed E-state index contributed by atoms with van der Waals surface area (Å²) < 4.78 is 0. The first-order valence-corrected chi connectivity index (χ1v) is 3.44. The highest BCUT2D eigenvalue weighted by atomic mass is 15.0. The van der Waals surface area contributed by atoms with Crippen LogP contribution in [0.25, 0.3) is 0 Å². The summed E-state index contributed by atoms with van der Waals surface area (Å²) in [7, 11) is 0. The largest absolute Gasteiger partial charge is 0.288 e. The Bertz CT molecular complexity index is 204. The highest BCUT2D eigenvalue weighted by molar-refractivity contribution is 5.12. The first-order chi connectivity index (χ1) is 4.86. The van der Waals surface area contributed by atoms with Crippen molar-refractivity contribution in [3.63, 3.8) is 0 Å². The minimum atomic E-state index is 0.0332. The third-order valence-electron chi connectivity index (χ3n) is 1.62. The molecule has 52 valence electrons. The highest BCUT2D eigenvalue weighted by Gasteiger charge is 2.20. The van der Waals surface area contributed by atoms with Gasteiger partial charge in [0.05, 0.1) is 18.2 Å². The molecule has 1 aliphatic rings. The summed E-state index contributed by atoms with van der Waals surface area (Å²) in [6.45, 7) is 1.82. The van der Waals surface area contributed by atoms with Gasteiger partial charge in [-0.1, -0.05) is 5.92 Å². The van der Waals surface area contributed by atoms with Crippen LogP contribution >= 0.6 is 0 Å². The summed E-state index contributed by atoms with van der Waals surface area (Å²) >= 11 is 0. The Morgan fingerprint density at radius 2 is 2.10 bits per heavy atom. The zero-order chi connectivity index (χ0) is 7.40. The molecule has 0 aromatic heterocycles. The molecule has 0 aromatic rings. The summed E-state index contributed by atoms with van der Waals surface area (Å²) in [5.41, 5.74) is 0. The molecule has 0 amide bonds. The molecule has 1 fully saturated rings. The minimum Gasteiger partial charge on any atom is -0.288 e. The fourth-order valence-corrected chi connectivity index (χ4v) is 1.13. The number of hydrogen-bond donors (Lipinski definition) is 1. The Labute approximate surface area is 61.2 Å². The fraction of sp³-hybridized carbons (Fsp3) is 0.625. The lowest BCUT2D eigenvalue weighted by atomic mass is 10.2. The molecule has 0 aliphatic carbocycles. The van der Waals surface area contributed by atoms with Crippen LogP contribution in [-0.2, 0) is 0 Å². The monoisotopic (exact) mass is 134 g/mol. The molecule has 0 saturated carbocycles. The van der Waals surface area contributed by atoms with E-state index in [4.69, 9.17) is 5.26 Å². The minimum absolute atomic E-state index is 0.0332. The van der Waals surface area contributed by atoms with Crippen LogP contribution in [0.3, 0.4) is 0 Å². The molecule has 0 spiro atoms. The Kier molecular flexibility index (Phi) is 2.31. The summed E-state index contributed by atoms with van der Waals surface area (Å²) in [5, 5.41) is 11.6. The van der Waals surface area contributed by atoms with Crippen LogP contribution in [0.4, 0.5) is 0 Å². The predicted molar refractivity (Wildman–Crippen MR) is 39.0 cm³/mol. The van der Waals surface area contributed by atoms with Gasteiger partial charge < -0.3 is 0 Å². The van der Waals surface area contributed by atoms with Crippen LogP contribution in [0.15, 0.2) is 0 Å². The van der Waals surface area contributed by atoms with E-state index in [1.807, 2.05) is 6.92 Å². The molecular weight excluding hydrogens is 124 g/mol. The number of nitriles is 1. The maximum Gasteiger partial charge on any atom is 0.0963 e. The molecule has 10 heavy (non-hydrogen) atoms. The fourth-order valence-electron chi connectivity index (χ4n) is 1.13. The quantitative estimate of drug-likeness (QED) is 0.494. The van der Waals surface area contributed by atoms with Crippen molar-refractivity contribution in [3.05, 3.63) is 0 Å². The van der Waals surface area contributed by atoms with Gasteiger partial charge in [0.2, 0.25) is 0 Å². The Hall–Kier alpha value is -0.990. The molecular formula is C8H10N2. The predicted octanol–water partition coefficient (Wildman–Crippen LogP) is 0.654. The average molecular weight is 134 g/mol. The highest BCUT2D eigenvalue weighted by Crippen LogP contribution is 2.10. The van der Waals surface area contributed by atoms with E-state index in [-0.39, 0.29) is 12.1 Å². The molecule has 1 saturated heterocycles. The third-order valence-corrected chi connectivity index (χ3v) is 1.62. The van der Waals surface area contributed by atoms with E-state index in [1.165, 1.54) is 0 Å². The molecule has 2 nitrogen and oxygen atoms in total. The zero-order valence-corrected chi connectivity index (χ0v) is 6.02. The first kappa shape index (κ1) is 7.12. The van der Waals surface area contributed by atoms with Crippen LogP contribution in [-0.4, -0.2) is 12.1 Å². The SMILES string of the molecule is CC#CC1CCC(C#N)N1. The van der Waals surface area contributed by atoms with Gasteiger partial charge >= 0.3 is 0 Å². The second-order valence-corrected chi connectivity index (χ2v) is 2.37. The van der Waals surface area contributed by atoms with Gasteiger partial charge in [0.25, 0.3) is 0 Å². The molecule has 2 unspecified atom stereocenters. The lowest BCUT2D eigenvalue weighted by Gasteiger charge is -1.99. The van der Waals surface area contributed by atoms with Crippen LogP contribution < -0.4 is 5.32 Å². The van der Waals surface area contributed by atoms with E-state index < -0.39 is 0 Å². The van der Waals surface area contributed by atoms with Crippen LogP contribution in [0.1, 0.15) is 19.8 Å². The van der Waals surface area contributed by atoms with Gasteiger partial charge in [-0.2, -0.15) is 5.26 Å². The molecule has 2 atom stereocenters. The van der Waals surface area contributed by atoms with Gasteiger partial charge in [-0.25, -0.2) is 0 Å². The Morgan fingerprint density at radius 1 is 1.40 bits per heavy atom. The van der Waals surface area contributed by atoms with Crippen molar-refractivity contribution in [3.8, 4) is 17.9 Å². The van der Waals surface area contributed by atoms with Crippen LogP contribution in [0, 0.1) is 23.2 Å². The number of nitrogens with one attached hydrogen (secondary N) is 1. The number of hydrogen-bond acceptors (Lipinski definition) is 2. The maximum atomic E-state index is 8.49. The van der Waals surface area contributed by atoms with Gasteiger partial charge in [0.1, 0.15) is 0 Å². The summed E-state index contributed by atoms with van der Waals surface area (Å²) in [4.78, 5) is 0. The second kappa shape index (κ2) is 3.25. The summed E-state index contributed by atoms with van der Waals surface area (Å²) in [5.74, 6) is 5.83. The lowest BCUT2D eigenvalue weighted by Crippen LogP contribution is -2.26. The number of rotatable bonds is 0. The molecule has 2 heteroatoms. The molecule has 0 bridgehead atoms. The second-order valence-electron chi connectivity index (χ2n) is 2.37. The van der Waals surface area contributed by atoms with Crippen LogP contribution in [0.2, 0.25) is 0 Å². The standard InChI is InChI=1S/C8H10N2/c1-2-3-7-4-5-8(6-9)10-7/h7-8,10H,4-5H2,1H3. The van der Waals surface area contributed by atoms with Gasteiger partial charge in [-0.15, -0.1) is 5.92 Å². The summed E-state index contributed by atoms with van der Waals surface area (Å²) in [6, 6.07) is 2.47. The van der Waals surface area contributed by atoms with E-state index in [0.29, 0.717) is 0 Å². The maximum absolute atomic E-state index is 8.49. The van der Waals surface area contributed by atoms with E-state index in [9.17, 15) is 0 Å². The van der Waals surface area contributed by atoms with E-state index >= 15 is 0 Å². The molecule has 1 rings (SSSR count). The summed E-state index contributed by atoms with van der Waals surface area (Å²) in [6.07, 6.45) is 1.95. The molecule has 1 aliphatic heterocycles. The van der Waals surface area contributed by atoms with E-state index in [2.05, 4.69) is 23.2 Å². The van der Waals surface area contributed by atoms with Crippen molar-refractivity contribution >= 4 is 0 Å². The lowest BCUT2D eigenvalue weighted by molar-refractivity contribution is 0.691. The normalized spacial score (nSPS) is 30.4.